The number of pyridine rings is 1. The van der Waals surface area contributed by atoms with Gasteiger partial charge in [-0.1, -0.05) is 17.7 Å². The minimum atomic E-state index is 0.479. The zero-order valence-electron chi connectivity index (χ0n) is 10.9. The van der Waals surface area contributed by atoms with Crippen molar-refractivity contribution in [2.45, 2.75) is 20.0 Å². The second-order valence-electron chi connectivity index (χ2n) is 4.41. The number of aryl methyl sites for hydroxylation is 1. The van der Waals surface area contributed by atoms with E-state index in [1.165, 1.54) is 0 Å². The van der Waals surface area contributed by atoms with Crippen molar-refractivity contribution in [1.29, 1.82) is 0 Å². The van der Waals surface area contributed by atoms with Gasteiger partial charge in [0.1, 0.15) is 12.4 Å². The van der Waals surface area contributed by atoms with Gasteiger partial charge < -0.3 is 10.5 Å². The molecule has 0 unspecified atom stereocenters. The van der Waals surface area contributed by atoms with Gasteiger partial charge in [-0.25, -0.2) is 0 Å². The SMILES string of the molecule is Cc1cncc(COc2cccc(Cl)c2CCN)c1. The molecule has 0 bridgehead atoms. The molecule has 0 atom stereocenters. The highest BCUT2D eigenvalue weighted by atomic mass is 35.5. The first-order valence-corrected chi connectivity index (χ1v) is 6.59. The van der Waals surface area contributed by atoms with Gasteiger partial charge in [-0.2, -0.15) is 0 Å². The molecule has 0 radical (unpaired) electrons. The van der Waals surface area contributed by atoms with Crippen LogP contribution in [0.3, 0.4) is 0 Å². The third-order valence-corrected chi connectivity index (χ3v) is 3.15. The van der Waals surface area contributed by atoms with E-state index in [1.54, 1.807) is 6.20 Å². The van der Waals surface area contributed by atoms with Crippen molar-refractivity contribution in [2.75, 3.05) is 6.54 Å². The quantitative estimate of drug-likeness (QED) is 0.913. The zero-order chi connectivity index (χ0) is 13.7. The molecule has 1 aromatic heterocycles. The molecule has 0 spiro atoms. The van der Waals surface area contributed by atoms with Crippen LogP contribution in [-0.4, -0.2) is 11.5 Å². The number of nitrogens with two attached hydrogens (primary N) is 1. The Bertz CT molecular complexity index is 558. The Morgan fingerprint density at radius 2 is 2.16 bits per heavy atom. The lowest BCUT2D eigenvalue weighted by Gasteiger charge is -2.12. The van der Waals surface area contributed by atoms with Gasteiger partial charge in [0.05, 0.1) is 0 Å². The Hall–Kier alpha value is -1.58. The van der Waals surface area contributed by atoms with Crippen molar-refractivity contribution >= 4 is 11.6 Å². The summed E-state index contributed by atoms with van der Waals surface area (Å²) >= 11 is 6.17. The first-order valence-electron chi connectivity index (χ1n) is 6.21. The number of aromatic nitrogens is 1. The van der Waals surface area contributed by atoms with Crippen LogP contribution in [0.4, 0.5) is 0 Å². The standard InChI is InChI=1S/C15H17ClN2O/c1-11-7-12(9-18-8-11)10-19-15-4-2-3-14(16)13(15)5-6-17/h2-4,7-9H,5-6,10,17H2,1H3. The molecule has 0 aliphatic carbocycles. The summed E-state index contributed by atoms with van der Waals surface area (Å²) in [7, 11) is 0. The molecule has 0 fully saturated rings. The number of hydrogen-bond acceptors (Lipinski definition) is 3. The van der Waals surface area contributed by atoms with Gasteiger partial charge in [0, 0.05) is 28.5 Å². The number of rotatable bonds is 5. The average molecular weight is 277 g/mol. The normalized spacial score (nSPS) is 10.5. The number of benzene rings is 1. The molecule has 0 saturated heterocycles. The van der Waals surface area contributed by atoms with Crippen molar-refractivity contribution in [2.24, 2.45) is 5.73 Å². The van der Waals surface area contributed by atoms with Gasteiger partial charge in [0.2, 0.25) is 0 Å². The van der Waals surface area contributed by atoms with Crippen LogP contribution in [-0.2, 0) is 13.0 Å². The fourth-order valence-corrected chi connectivity index (χ4v) is 2.18. The second kappa shape index (κ2) is 6.55. The predicted molar refractivity (Wildman–Crippen MR) is 77.5 cm³/mol. The lowest BCUT2D eigenvalue weighted by Crippen LogP contribution is -2.06. The van der Waals surface area contributed by atoms with Gasteiger partial charge in [0.25, 0.3) is 0 Å². The first-order chi connectivity index (χ1) is 9.20. The fraction of sp³-hybridized carbons (Fsp3) is 0.267. The number of nitrogens with zero attached hydrogens (tertiary/aromatic N) is 1. The molecule has 0 saturated carbocycles. The Balaban J connectivity index is 2.13. The van der Waals surface area contributed by atoms with E-state index in [4.69, 9.17) is 22.1 Å². The van der Waals surface area contributed by atoms with E-state index in [1.807, 2.05) is 31.3 Å². The van der Waals surface area contributed by atoms with E-state index in [9.17, 15) is 0 Å². The molecule has 0 amide bonds. The van der Waals surface area contributed by atoms with Crippen molar-refractivity contribution < 1.29 is 4.74 Å². The van der Waals surface area contributed by atoms with E-state index in [0.717, 1.165) is 22.4 Å². The topological polar surface area (TPSA) is 48.1 Å². The van der Waals surface area contributed by atoms with E-state index in [2.05, 4.69) is 11.1 Å². The zero-order valence-corrected chi connectivity index (χ0v) is 11.7. The number of ether oxygens (including phenoxy) is 1. The summed E-state index contributed by atoms with van der Waals surface area (Å²) in [6.45, 7) is 3.04. The van der Waals surface area contributed by atoms with Crippen molar-refractivity contribution in [3.05, 3.63) is 58.4 Å². The summed E-state index contributed by atoms with van der Waals surface area (Å²) in [5.41, 5.74) is 8.73. The molecular formula is C15H17ClN2O. The molecule has 4 heteroatoms. The lowest BCUT2D eigenvalue weighted by molar-refractivity contribution is 0.302. The van der Waals surface area contributed by atoms with Crippen LogP contribution in [0, 0.1) is 6.92 Å². The van der Waals surface area contributed by atoms with E-state index in [0.29, 0.717) is 24.6 Å². The molecule has 1 aromatic carbocycles. The number of halogens is 1. The summed E-state index contributed by atoms with van der Waals surface area (Å²) in [4.78, 5) is 4.15. The Kier molecular flexibility index (Phi) is 4.77. The third-order valence-electron chi connectivity index (χ3n) is 2.80. The molecule has 2 aromatic rings. The van der Waals surface area contributed by atoms with Gasteiger partial charge in [0.15, 0.2) is 0 Å². The molecule has 0 aliphatic rings. The maximum Gasteiger partial charge on any atom is 0.124 e. The highest BCUT2D eigenvalue weighted by Gasteiger charge is 2.07. The smallest absolute Gasteiger partial charge is 0.124 e. The Labute approximate surface area is 118 Å². The summed E-state index contributed by atoms with van der Waals surface area (Å²) < 4.78 is 5.83. The average Bonchev–Trinajstić information content (AvgIpc) is 2.40. The second-order valence-corrected chi connectivity index (χ2v) is 4.82. The molecule has 1 heterocycles. The van der Waals surface area contributed by atoms with Gasteiger partial charge in [-0.15, -0.1) is 0 Å². The van der Waals surface area contributed by atoms with Crippen LogP contribution in [0.1, 0.15) is 16.7 Å². The van der Waals surface area contributed by atoms with Gasteiger partial charge >= 0.3 is 0 Å². The summed E-state index contributed by atoms with van der Waals surface area (Å²) in [5, 5.41) is 0.699. The molecular weight excluding hydrogens is 260 g/mol. The van der Waals surface area contributed by atoms with E-state index < -0.39 is 0 Å². The van der Waals surface area contributed by atoms with Crippen LogP contribution in [0.15, 0.2) is 36.7 Å². The largest absolute Gasteiger partial charge is 0.489 e. The van der Waals surface area contributed by atoms with Crippen LogP contribution in [0.25, 0.3) is 0 Å². The Morgan fingerprint density at radius 1 is 1.32 bits per heavy atom. The van der Waals surface area contributed by atoms with Gasteiger partial charge in [-0.3, -0.25) is 4.98 Å². The minimum absolute atomic E-state index is 0.479. The van der Waals surface area contributed by atoms with Crippen LogP contribution < -0.4 is 10.5 Å². The number of hydrogen-bond donors (Lipinski definition) is 1. The predicted octanol–water partition coefficient (Wildman–Crippen LogP) is 3.12. The molecule has 19 heavy (non-hydrogen) atoms. The maximum absolute atomic E-state index is 6.17. The first kappa shape index (κ1) is 13.8. The van der Waals surface area contributed by atoms with Crippen molar-refractivity contribution in [3.8, 4) is 5.75 Å². The highest BCUT2D eigenvalue weighted by molar-refractivity contribution is 6.31. The highest BCUT2D eigenvalue weighted by Crippen LogP contribution is 2.27. The van der Waals surface area contributed by atoms with E-state index >= 15 is 0 Å². The molecule has 100 valence electrons. The summed E-state index contributed by atoms with van der Waals surface area (Å²) in [6.07, 6.45) is 4.34. The van der Waals surface area contributed by atoms with Crippen molar-refractivity contribution in [3.63, 3.8) is 0 Å². The van der Waals surface area contributed by atoms with Crippen LogP contribution in [0.5, 0.6) is 5.75 Å². The van der Waals surface area contributed by atoms with Crippen LogP contribution >= 0.6 is 11.6 Å². The molecule has 0 aliphatic heterocycles. The molecule has 3 nitrogen and oxygen atoms in total. The minimum Gasteiger partial charge on any atom is -0.489 e. The van der Waals surface area contributed by atoms with Gasteiger partial charge in [-0.05, 0) is 43.7 Å². The third kappa shape index (κ3) is 3.69. The van der Waals surface area contributed by atoms with Crippen molar-refractivity contribution in [1.82, 2.24) is 4.98 Å². The molecule has 2 rings (SSSR count). The molecule has 2 N–H and O–H groups in total. The monoisotopic (exact) mass is 276 g/mol. The Morgan fingerprint density at radius 3 is 2.89 bits per heavy atom. The van der Waals surface area contributed by atoms with E-state index in [-0.39, 0.29) is 0 Å². The lowest BCUT2D eigenvalue weighted by atomic mass is 10.1. The fourth-order valence-electron chi connectivity index (χ4n) is 1.92. The summed E-state index contributed by atoms with van der Waals surface area (Å²) in [6, 6.07) is 7.71. The van der Waals surface area contributed by atoms with Crippen LogP contribution in [0.2, 0.25) is 5.02 Å². The maximum atomic E-state index is 6.17. The summed E-state index contributed by atoms with van der Waals surface area (Å²) in [5.74, 6) is 0.791.